The van der Waals surface area contributed by atoms with E-state index in [9.17, 15) is 22.4 Å². The number of nitrogens with zero attached hydrogens (tertiary/aromatic N) is 2. The van der Waals surface area contributed by atoms with Crippen LogP contribution in [-0.4, -0.2) is 58.0 Å². The number of halogens is 1. The zero-order valence-corrected chi connectivity index (χ0v) is 26.9. The highest BCUT2D eigenvalue weighted by Crippen LogP contribution is 2.27. The Balaban J connectivity index is 1.80. The molecule has 0 aliphatic rings. The van der Waals surface area contributed by atoms with Crippen LogP contribution in [0.15, 0.2) is 108 Å². The highest BCUT2D eigenvalue weighted by Gasteiger charge is 2.34. The van der Waals surface area contributed by atoms with E-state index >= 15 is 0 Å². The van der Waals surface area contributed by atoms with Gasteiger partial charge in [0.15, 0.2) is 0 Å². The molecule has 0 bridgehead atoms. The predicted molar refractivity (Wildman–Crippen MR) is 175 cm³/mol. The highest BCUT2D eigenvalue weighted by atomic mass is 32.2. The molecule has 4 aromatic rings. The minimum atomic E-state index is -4.37. The second-order valence-electron chi connectivity index (χ2n) is 10.4. The van der Waals surface area contributed by atoms with Crippen molar-refractivity contribution in [3.8, 4) is 11.5 Å². The number of carbonyl (C=O) groups is 2. The third-order valence-electron chi connectivity index (χ3n) is 7.23. The minimum absolute atomic E-state index is 0.00161. The maximum atomic E-state index is 14.5. The van der Waals surface area contributed by atoms with Crippen LogP contribution in [0, 0.1) is 5.82 Å². The van der Waals surface area contributed by atoms with Crippen LogP contribution in [0.4, 0.5) is 10.1 Å². The van der Waals surface area contributed by atoms with Crippen molar-refractivity contribution in [1.82, 2.24) is 10.2 Å². The molecule has 0 heterocycles. The lowest BCUT2D eigenvalue weighted by Gasteiger charge is -2.34. The van der Waals surface area contributed by atoms with Gasteiger partial charge < -0.3 is 19.7 Å². The SMILES string of the molecule is CCNC(=O)[C@H](Cc1ccccc1)N(Cc1cccc(OC)c1)C(=O)CN(c1ccc(OCC)cc1)S(=O)(=O)c1ccc(F)cc1. The molecule has 1 atom stereocenters. The first-order valence-corrected chi connectivity index (χ1v) is 16.4. The van der Waals surface area contributed by atoms with Crippen LogP contribution in [0.25, 0.3) is 0 Å². The van der Waals surface area contributed by atoms with Crippen molar-refractivity contribution in [3.63, 3.8) is 0 Å². The molecule has 4 aromatic carbocycles. The largest absolute Gasteiger partial charge is 0.497 e. The van der Waals surface area contributed by atoms with Gasteiger partial charge in [-0.3, -0.25) is 13.9 Å². The monoisotopic (exact) mass is 647 g/mol. The number of carbonyl (C=O) groups excluding carboxylic acids is 2. The summed E-state index contributed by atoms with van der Waals surface area (Å²) < 4.78 is 53.8. The first-order chi connectivity index (χ1) is 22.2. The molecule has 4 rings (SSSR count). The summed E-state index contributed by atoms with van der Waals surface area (Å²) in [6, 6.07) is 26.1. The molecule has 9 nitrogen and oxygen atoms in total. The average molecular weight is 648 g/mol. The summed E-state index contributed by atoms with van der Waals surface area (Å²) >= 11 is 0. The van der Waals surface area contributed by atoms with Crippen LogP contribution in [0.3, 0.4) is 0 Å². The van der Waals surface area contributed by atoms with Crippen LogP contribution in [0.1, 0.15) is 25.0 Å². The number of hydrogen-bond acceptors (Lipinski definition) is 6. The van der Waals surface area contributed by atoms with E-state index in [1.165, 1.54) is 24.1 Å². The Kier molecular flexibility index (Phi) is 11.7. The van der Waals surface area contributed by atoms with E-state index in [2.05, 4.69) is 5.32 Å². The summed E-state index contributed by atoms with van der Waals surface area (Å²) in [7, 11) is -2.83. The Bertz CT molecular complexity index is 1700. The maximum Gasteiger partial charge on any atom is 0.264 e. The smallest absolute Gasteiger partial charge is 0.264 e. The zero-order chi connectivity index (χ0) is 33.1. The molecule has 0 spiro atoms. The lowest BCUT2D eigenvalue weighted by molar-refractivity contribution is -0.140. The second kappa shape index (κ2) is 15.9. The number of amides is 2. The van der Waals surface area contributed by atoms with E-state index < -0.39 is 34.3 Å². The molecule has 0 saturated heterocycles. The summed E-state index contributed by atoms with van der Waals surface area (Å²) in [5.74, 6) is -0.503. The predicted octanol–water partition coefficient (Wildman–Crippen LogP) is 5.20. The van der Waals surface area contributed by atoms with E-state index in [-0.39, 0.29) is 29.5 Å². The molecule has 1 N–H and O–H groups in total. The molecule has 0 fully saturated rings. The van der Waals surface area contributed by atoms with Gasteiger partial charge in [-0.05, 0) is 85.6 Å². The van der Waals surface area contributed by atoms with Crippen LogP contribution in [0.2, 0.25) is 0 Å². The molecular weight excluding hydrogens is 609 g/mol. The Labute approximate surface area is 269 Å². The van der Waals surface area contributed by atoms with Gasteiger partial charge in [0.2, 0.25) is 11.8 Å². The maximum absolute atomic E-state index is 14.5. The number of hydrogen-bond donors (Lipinski definition) is 1. The topological polar surface area (TPSA) is 105 Å². The Morgan fingerprint density at radius 2 is 1.52 bits per heavy atom. The summed E-state index contributed by atoms with van der Waals surface area (Å²) in [6.07, 6.45) is 0.191. The van der Waals surface area contributed by atoms with Crippen molar-refractivity contribution in [2.45, 2.75) is 37.8 Å². The van der Waals surface area contributed by atoms with Crippen molar-refractivity contribution in [1.29, 1.82) is 0 Å². The van der Waals surface area contributed by atoms with E-state index in [0.29, 0.717) is 30.2 Å². The first-order valence-electron chi connectivity index (χ1n) is 14.9. The molecular formula is C35H38FN3O6S. The lowest BCUT2D eigenvalue weighted by Crippen LogP contribution is -2.53. The summed E-state index contributed by atoms with van der Waals surface area (Å²) in [4.78, 5) is 29.3. The van der Waals surface area contributed by atoms with Gasteiger partial charge in [-0.2, -0.15) is 0 Å². The van der Waals surface area contributed by atoms with Crippen LogP contribution >= 0.6 is 0 Å². The van der Waals surface area contributed by atoms with Crippen molar-refractivity contribution in [2.24, 2.45) is 0 Å². The van der Waals surface area contributed by atoms with E-state index in [1.54, 1.807) is 43.3 Å². The standard InChI is InChI=1S/C35H38FN3O6S/c1-4-37-35(41)33(23-26-10-7-6-8-11-26)38(24-27-12-9-13-31(22-27)44-3)34(40)25-39(29-16-18-30(19-17-29)45-5-2)46(42,43)32-20-14-28(36)15-21-32/h6-22,33H,4-5,23-25H2,1-3H3,(H,37,41)/t33-/m0/s1. The van der Waals surface area contributed by atoms with E-state index in [4.69, 9.17) is 9.47 Å². The van der Waals surface area contributed by atoms with Gasteiger partial charge in [0.1, 0.15) is 29.9 Å². The molecule has 0 unspecified atom stereocenters. The fraction of sp³-hybridized carbons (Fsp3) is 0.257. The molecule has 242 valence electrons. The molecule has 0 aliphatic carbocycles. The van der Waals surface area contributed by atoms with Gasteiger partial charge in [0.25, 0.3) is 10.0 Å². The molecule has 0 aromatic heterocycles. The molecule has 0 saturated carbocycles. The van der Waals surface area contributed by atoms with Crippen molar-refractivity contribution < 1.29 is 31.9 Å². The number of nitrogens with one attached hydrogen (secondary N) is 1. The van der Waals surface area contributed by atoms with Gasteiger partial charge in [0.05, 0.1) is 24.3 Å². The van der Waals surface area contributed by atoms with Gasteiger partial charge in [0, 0.05) is 19.5 Å². The zero-order valence-electron chi connectivity index (χ0n) is 26.1. The first kappa shape index (κ1) is 34.0. The summed E-state index contributed by atoms with van der Waals surface area (Å²) in [5.41, 5.74) is 1.70. The molecule has 46 heavy (non-hydrogen) atoms. The van der Waals surface area contributed by atoms with Gasteiger partial charge in [-0.15, -0.1) is 0 Å². The quantitative estimate of drug-likeness (QED) is 0.190. The molecule has 2 amide bonds. The fourth-order valence-corrected chi connectivity index (χ4v) is 6.37. The van der Waals surface area contributed by atoms with Crippen LogP contribution in [0.5, 0.6) is 11.5 Å². The number of rotatable bonds is 15. The lowest BCUT2D eigenvalue weighted by atomic mass is 10.0. The van der Waals surface area contributed by atoms with Crippen LogP contribution < -0.4 is 19.1 Å². The third kappa shape index (κ3) is 8.63. The summed E-state index contributed by atoms with van der Waals surface area (Å²) in [5, 5.41) is 2.84. The van der Waals surface area contributed by atoms with E-state index in [1.807, 2.05) is 37.3 Å². The van der Waals surface area contributed by atoms with Crippen molar-refractivity contribution >= 4 is 27.5 Å². The summed E-state index contributed by atoms with van der Waals surface area (Å²) in [6.45, 7) is 3.73. The highest BCUT2D eigenvalue weighted by molar-refractivity contribution is 7.92. The Morgan fingerprint density at radius 3 is 2.15 bits per heavy atom. The Morgan fingerprint density at radius 1 is 0.848 bits per heavy atom. The average Bonchev–Trinajstić information content (AvgIpc) is 3.06. The fourth-order valence-electron chi connectivity index (χ4n) is 4.95. The van der Waals surface area contributed by atoms with Crippen molar-refractivity contribution in [3.05, 3.63) is 120 Å². The number of benzene rings is 4. The normalized spacial score (nSPS) is 11.7. The third-order valence-corrected chi connectivity index (χ3v) is 9.01. The number of ether oxygens (including phenoxy) is 2. The molecule has 11 heteroatoms. The number of methoxy groups -OCH3 is 1. The number of likely N-dealkylation sites (N-methyl/N-ethyl adjacent to an activating group) is 1. The van der Waals surface area contributed by atoms with E-state index in [0.717, 1.165) is 34.1 Å². The second-order valence-corrected chi connectivity index (χ2v) is 12.2. The minimum Gasteiger partial charge on any atom is -0.497 e. The van der Waals surface area contributed by atoms with Crippen LogP contribution in [-0.2, 0) is 32.6 Å². The molecule has 0 radical (unpaired) electrons. The van der Waals surface area contributed by atoms with Gasteiger partial charge in [-0.25, -0.2) is 12.8 Å². The van der Waals surface area contributed by atoms with Crippen molar-refractivity contribution in [2.75, 3.05) is 31.1 Å². The number of sulfonamides is 1. The van der Waals surface area contributed by atoms with Gasteiger partial charge in [-0.1, -0.05) is 42.5 Å². The number of anilines is 1. The van der Waals surface area contributed by atoms with Gasteiger partial charge >= 0.3 is 0 Å². The molecule has 0 aliphatic heterocycles. The Hall–Kier alpha value is -4.90.